The van der Waals surface area contributed by atoms with Gasteiger partial charge in [-0.15, -0.1) is 0 Å². The standard InChI is InChI=1S/C19H16BrF3N4O7/c20-7-1-2-9-8(3-7)11(5-24)27(26-9)10-4-13(17(31)32)34-16(15(30)12(29)6-28)14(10)25-18(33)19(21,22)23/h1-4,10,12,14-16,28-30H,6H2,(H,25,33)(H,31,32)/t10-,12+,14+,15+,16+/m0/s1/i/hD. The summed E-state index contributed by atoms with van der Waals surface area (Å²) in [6, 6.07) is 2.36. The lowest BCUT2D eigenvalue weighted by atomic mass is 9.91. The van der Waals surface area contributed by atoms with Crippen LogP contribution in [0.2, 0.25) is 1.41 Å². The predicted molar refractivity (Wildman–Crippen MR) is 109 cm³/mol. The number of carboxylic acids is 1. The molecule has 34 heavy (non-hydrogen) atoms. The molecule has 0 spiro atoms. The highest BCUT2D eigenvalue weighted by atomic mass is 79.9. The molecule has 0 saturated carbocycles. The van der Waals surface area contributed by atoms with Crippen LogP contribution in [0.25, 0.3) is 10.9 Å². The molecule has 5 atom stereocenters. The molecule has 15 heteroatoms. The van der Waals surface area contributed by atoms with Crippen molar-refractivity contribution < 1.29 is 49.3 Å². The third-order valence-electron chi connectivity index (χ3n) is 4.96. The van der Waals surface area contributed by atoms with Crippen LogP contribution in [0.1, 0.15) is 11.7 Å². The molecule has 0 bridgehead atoms. The van der Waals surface area contributed by atoms with E-state index >= 15 is 0 Å². The summed E-state index contributed by atoms with van der Waals surface area (Å²) in [5.74, 6) is -5.35. The molecule has 1 aliphatic rings. The molecule has 1 aromatic carbocycles. The van der Waals surface area contributed by atoms with E-state index in [1.807, 2.05) is 6.07 Å². The Bertz CT molecular complexity index is 1230. The normalized spacial score (nSPS) is 22.7. The van der Waals surface area contributed by atoms with Gasteiger partial charge in [0, 0.05) is 9.86 Å². The SMILES string of the molecule is [2H]N(C(=O)C(F)(F)F)[C@H]1[C@H]([C@H](O)[C@H](O)CO)OC(C(=O)O)=C[C@@H]1n1nc2ccc(Br)cc2c1C#N. The fourth-order valence-electron chi connectivity index (χ4n) is 3.40. The Labute approximate surface area is 198 Å². The van der Waals surface area contributed by atoms with Gasteiger partial charge in [0.2, 0.25) is 5.76 Å². The molecular weight excluding hydrogens is 533 g/mol. The second-order valence-electron chi connectivity index (χ2n) is 7.14. The van der Waals surface area contributed by atoms with Crippen LogP contribution in [0.4, 0.5) is 13.2 Å². The average Bonchev–Trinajstić information content (AvgIpc) is 3.17. The smallest absolute Gasteiger partial charge is 0.471 e. The van der Waals surface area contributed by atoms with Crippen molar-refractivity contribution in [1.29, 1.82) is 5.26 Å². The second kappa shape index (κ2) is 9.58. The molecule has 0 radical (unpaired) electrons. The van der Waals surface area contributed by atoms with Gasteiger partial charge in [-0.05, 0) is 24.3 Å². The number of hydrogen-bond donors (Lipinski definition) is 5. The van der Waals surface area contributed by atoms with E-state index in [1.165, 1.54) is 12.1 Å². The minimum Gasteiger partial charge on any atom is -0.478 e. The first-order chi connectivity index (χ1) is 16.3. The number of aliphatic hydroxyl groups is 3. The van der Waals surface area contributed by atoms with Crippen LogP contribution in [0.15, 0.2) is 34.5 Å². The van der Waals surface area contributed by atoms with Gasteiger partial charge in [-0.2, -0.15) is 23.5 Å². The van der Waals surface area contributed by atoms with Gasteiger partial charge in [0.1, 0.15) is 30.1 Å². The molecule has 3 rings (SSSR count). The van der Waals surface area contributed by atoms with E-state index in [1.54, 1.807) is 6.07 Å². The van der Waals surface area contributed by atoms with Crippen molar-refractivity contribution in [2.75, 3.05) is 6.61 Å². The monoisotopic (exact) mass is 549 g/mol. The van der Waals surface area contributed by atoms with E-state index in [9.17, 15) is 48.4 Å². The van der Waals surface area contributed by atoms with Crippen LogP contribution in [-0.2, 0) is 14.3 Å². The predicted octanol–water partition coefficient (Wildman–Crippen LogP) is 0.340. The first-order valence-electron chi connectivity index (χ1n) is 9.82. The highest BCUT2D eigenvalue weighted by Gasteiger charge is 2.49. The Kier molecular flexibility index (Phi) is 6.75. The summed E-state index contributed by atoms with van der Waals surface area (Å²) in [5.41, 5.74) is -0.0885. The highest BCUT2D eigenvalue weighted by molar-refractivity contribution is 9.10. The van der Waals surface area contributed by atoms with Crippen LogP contribution < -0.4 is 5.31 Å². The van der Waals surface area contributed by atoms with Gasteiger partial charge in [-0.3, -0.25) is 4.79 Å². The fourth-order valence-corrected chi connectivity index (χ4v) is 3.76. The number of aromatic nitrogens is 2. The van der Waals surface area contributed by atoms with Gasteiger partial charge in [0.25, 0.3) is 0 Å². The molecule has 1 aromatic heterocycles. The number of benzene rings is 1. The average molecular weight is 550 g/mol. The molecule has 11 nitrogen and oxygen atoms in total. The Morgan fingerprint density at radius 1 is 1.41 bits per heavy atom. The quantitative estimate of drug-likeness (QED) is 0.339. The van der Waals surface area contributed by atoms with Crippen molar-refractivity contribution in [3.63, 3.8) is 0 Å². The van der Waals surface area contributed by atoms with Gasteiger partial charge in [-0.1, -0.05) is 15.9 Å². The van der Waals surface area contributed by atoms with Gasteiger partial charge in [0.05, 0.1) is 24.2 Å². The number of nitriles is 1. The number of ether oxygens (including phenoxy) is 1. The number of amides is 1. The van der Waals surface area contributed by atoms with Gasteiger partial charge in [-0.25, -0.2) is 9.48 Å². The lowest BCUT2D eigenvalue weighted by Crippen LogP contribution is -2.60. The maximum absolute atomic E-state index is 13.2. The summed E-state index contributed by atoms with van der Waals surface area (Å²) in [5, 5.41) is 52.5. The van der Waals surface area contributed by atoms with E-state index in [-0.39, 0.29) is 16.6 Å². The third kappa shape index (κ3) is 4.85. The first-order valence-corrected chi connectivity index (χ1v) is 10.2. The molecule has 2 aromatic rings. The van der Waals surface area contributed by atoms with E-state index in [0.29, 0.717) is 4.47 Å². The van der Waals surface area contributed by atoms with Crippen molar-refractivity contribution in [1.82, 2.24) is 15.1 Å². The molecule has 0 fully saturated rings. The molecular formula is C19H16BrF3N4O7. The van der Waals surface area contributed by atoms with Crippen molar-refractivity contribution in [2.45, 2.75) is 36.6 Å². The summed E-state index contributed by atoms with van der Waals surface area (Å²) >= 11 is 3.21. The van der Waals surface area contributed by atoms with Crippen LogP contribution in [0.3, 0.4) is 0 Å². The van der Waals surface area contributed by atoms with E-state index < -0.39 is 66.1 Å². The molecule has 1 aliphatic heterocycles. The number of aliphatic hydroxyl groups excluding tert-OH is 3. The number of nitrogens with one attached hydrogen (secondary N) is 1. The Balaban J connectivity index is 2.30. The molecule has 182 valence electrons. The van der Waals surface area contributed by atoms with Crippen molar-refractivity contribution in [2.24, 2.45) is 0 Å². The number of alkyl halides is 3. The minimum atomic E-state index is -5.55. The number of carboxylic acid groups (broad SMARTS) is 1. The van der Waals surface area contributed by atoms with Crippen molar-refractivity contribution >= 4 is 38.7 Å². The zero-order valence-corrected chi connectivity index (χ0v) is 18.3. The number of nitrogens with zero attached hydrogens (tertiary/aromatic N) is 3. The van der Waals surface area contributed by atoms with Crippen LogP contribution in [0.5, 0.6) is 0 Å². The summed E-state index contributed by atoms with van der Waals surface area (Å²) in [7, 11) is 0. The maximum atomic E-state index is 13.2. The van der Waals surface area contributed by atoms with Crippen LogP contribution >= 0.6 is 15.9 Å². The summed E-state index contributed by atoms with van der Waals surface area (Å²) in [6.07, 6.45) is -11.3. The highest BCUT2D eigenvalue weighted by Crippen LogP contribution is 2.34. The Morgan fingerprint density at radius 3 is 2.65 bits per heavy atom. The van der Waals surface area contributed by atoms with E-state index in [0.717, 1.165) is 10.8 Å². The number of halogens is 4. The molecule has 1 amide bonds. The maximum Gasteiger partial charge on any atom is 0.471 e. The number of rotatable bonds is 6. The lowest BCUT2D eigenvalue weighted by molar-refractivity contribution is -0.178. The molecule has 5 N–H and O–H groups in total. The molecule has 0 saturated heterocycles. The summed E-state index contributed by atoms with van der Waals surface area (Å²) in [6.45, 7) is -1.11. The Morgan fingerprint density at radius 2 is 2.09 bits per heavy atom. The lowest BCUT2D eigenvalue weighted by Gasteiger charge is -2.40. The van der Waals surface area contributed by atoms with Gasteiger partial charge >= 0.3 is 18.1 Å². The van der Waals surface area contributed by atoms with E-state index in [2.05, 4.69) is 21.0 Å². The molecule has 0 unspecified atom stereocenters. The number of fused-ring (bicyclic) bond motifs is 1. The number of carbonyl (C=O) groups excluding carboxylic acids is 1. The Hall–Kier alpha value is -3.19. The van der Waals surface area contributed by atoms with Gasteiger partial charge < -0.3 is 30.5 Å². The second-order valence-corrected chi connectivity index (χ2v) is 8.05. The minimum absolute atomic E-state index is 0.173. The van der Waals surface area contributed by atoms with E-state index in [4.69, 9.17) is 6.15 Å². The number of hydrogen-bond acceptors (Lipinski definition) is 8. The number of carbonyl (C=O) groups is 2. The summed E-state index contributed by atoms with van der Waals surface area (Å²) < 4.78 is 53.9. The molecule has 0 aliphatic carbocycles. The first kappa shape index (κ1) is 24.0. The zero-order chi connectivity index (χ0) is 26.2. The zero-order valence-electron chi connectivity index (χ0n) is 17.7. The third-order valence-corrected chi connectivity index (χ3v) is 5.45. The number of aliphatic carboxylic acids is 1. The topological polar surface area (TPSA) is 178 Å². The van der Waals surface area contributed by atoms with Crippen molar-refractivity contribution in [3.05, 3.63) is 40.2 Å². The van der Waals surface area contributed by atoms with Crippen LogP contribution in [0, 0.1) is 11.3 Å². The largest absolute Gasteiger partial charge is 0.478 e. The van der Waals surface area contributed by atoms with Gasteiger partial charge in [0.15, 0.2) is 1.41 Å². The fraction of sp³-hybridized carbons (Fsp3) is 0.368. The molecule has 2 heterocycles. The van der Waals surface area contributed by atoms with Crippen molar-refractivity contribution in [3.8, 4) is 6.07 Å². The van der Waals surface area contributed by atoms with Crippen LogP contribution in [-0.4, -0.2) is 79.2 Å². The summed E-state index contributed by atoms with van der Waals surface area (Å²) in [4.78, 5) is 23.6.